The van der Waals surface area contributed by atoms with Gasteiger partial charge in [0.15, 0.2) is 11.6 Å². The minimum Gasteiger partial charge on any atom is -0.435 e. The maximum atomic E-state index is 14.3. The Morgan fingerprint density at radius 1 is 1.03 bits per heavy atom. The molecule has 1 fully saturated rings. The molecule has 0 radical (unpaired) electrons. The highest BCUT2D eigenvalue weighted by Crippen LogP contribution is 2.38. The summed E-state index contributed by atoms with van der Waals surface area (Å²) in [5.74, 6) is -1.12. The second-order valence-electron chi connectivity index (χ2n) is 7.74. The molecule has 1 amide bonds. The highest BCUT2D eigenvalue weighted by Gasteiger charge is 2.36. The molecule has 1 atom stereocenters. The van der Waals surface area contributed by atoms with Crippen molar-refractivity contribution in [2.24, 2.45) is 0 Å². The molecule has 1 saturated heterocycles. The number of amides is 1. The van der Waals surface area contributed by atoms with Crippen LogP contribution in [0.4, 0.5) is 4.39 Å². The zero-order chi connectivity index (χ0) is 24.5. The molecule has 0 saturated carbocycles. The second-order valence-corrected chi connectivity index (χ2v) is 9.41. The minimum atomic E-state index is -0.600. The zero-order valence-electron chi connectivity index (χ0n) is 18.4. The molecule has 1 aliphatic rings. The fourth-order valence-electron chi connectivity index (χ4n) is 3.74. The van der Waals surface area contributed by atoms with E-state index in [1.807, 2.05) is 37.3 Å². The van der Waals surface area contributed by atoms with E-state index in [4.69, 9.17) is 17.0 Å². The van der Waals surface area contributed by atoms with Gasteiger partial charge in [-0.1, -0.05) is 72.5 Å². The standard InChI is InChI=1S/C26H18FN3O3S2/c1-16(17-9-3-2-4-10-17)30-25(32)21(35-26(30)34)15-18-23(33-20-12-6-5-11-19(20)27)28-22-13-7-8-14-29(22)24(18)31/h2-16H,1H3/b21-15+. The average molecular weight is 504 g/mol. The van der Waals surface area contributed by atoms with Crippen LogP contribution in [-0.4, -0.2) is 24.5 Å². The molecule has 0 aliphatic carbocycles. The van der Waals surface area contributed by atoms with E-state index in [-0.39, 0.29) is 34.0 Å². The van der Waals surface area contributed by atoms with Crippen LogP contribution in [-0.2, 0) is 4.79 Å². The molecule has 5 rings (SSSR count). The lowest BCUT2D eigenvalue weighted by Crippen LogP contribution is -2.31. The molecule has 6 nitrogen and oxygen atoms in total. The maximum absolute atomic E-state index is 14.3. The molecule has 3 heterocycles. The summed E-state index contributed by atoms with van der Waals surface area (Å²) in [6.45, 7) is 1.89. The first-order valence-corrected chi connectivity index (χ1v) is 11.9. The van der Waals surface area contributed by atoms with Gasteiger partial charge >= 0.3 is 0 Å². The van der Waals surface area contributed by atoms with E-state index in [1.165, 1.54) is 33.6 Å². The van der Waals surface area contributed by atoms with Crippen LogP contribution in [0.1, 0.15) is 24.1 Å². The number of hydrogen-bond donors (Lipinski definition) is 0. The van der Waals surface area contributed by atoms with E-state index in [9.17, 15) is 14.0 Å². The molecule has 1 unspecified atom stereocenters. The van der Waals surface area contributed by atoms with Crippen LogP contribution < -0.4 is 10.3 Å². The number of carbonyl (C=O) groups excluding carboxylic acids is 1. The number of ether oxygens (including phenoxy) is 1. The third-order valence-corrected chi connectivity index (χ3v) is 6.88. The predicted molar refractivity (Wildman–Crippen MR) is 138 cm³/mol. The molecule has 9 heteroatoms. The Labute approximate surface area is 209 Å². The van der Waals surface area contributed by atoms with Crippen molar-refractivity contribution in [1.29, 1.82) is 0 Å². The summed E-state index contributed by atoms with van der Waals surface area (Å²) in [5.41, 5.74) is 0.820. The fraction of sp³-hybridized carbons (Fsp3) is 0.0769. The molecule has 4 aromatic rings. The Morgan fingerprint density at radius 3 is 2.51 bits per heavy atom. The van der Waals surface area contributed by atoms with Gasteiger partial charge in [0, 0.05) is 6.20 Å². The highest BCUT2D eigenvalue weighted by molar-refractivity contribution is 8.26. The molecule has 1 aliphatic heterocycles. The highest BCUT2D eigenvalue weighted by atomic mass is 32.2. The monoisotopic (exact) mass is 503 g/mol. The third kappa shape index (κ3) is 4.36. The molecule has 35 heavy (non-hydrogen) atoms. The van der Waals surface area contributed by atoms with Crippen molar-refractivity contribution in [1.82, 2.24) is 14.3 Å². The third-order valence-electron chi connectivity index (χ3n) is 5.55. The van der Waals surface area contributed by atoms with Crippen molar-refractivity contribution in [2.45, 2.75) is 13.0 Å². The molecule has 2 aromatic carbocycles. The average Bonchev–Trinajstić information content (AvgIpc) is 3.15. The second kappa shape index (κ2) is 9.44. The number of carbonyl (C=O) groups is 1. The number of fused-ring (bicyclic) bond motifs is 1. The first kappa shape index (κ1) is 22.9. The summed E-state index contributed by atoms with van der Waals surface area (Å²) < 4.78 is 21.8. The summed E-state index contributed by atoms with van der Waals surface area (Å²) in [6.07, 6.45) is 2.99. The molecule has 174 valence electrons. The Bertz CT molecular complexity index is 1550. The van der Waals surface area contributed by atoms with Crippen LogP contribution >= 0.6 is 24.0 Å². The number of halogens is 1. The molecule has 0 spiro atoms. The van der Waals surface area contributed by atoms with E-state index in [1.54, 1.807) is 30.5 Å². The largest absolute Gasteiger partial charge is 0.435 e. The van der Waals surface area contributed by atoms with E-state index >= 15 is 0 Å². The maximum Gasteiger partial charge on any atom is 0.269 e. The van der Waals surface area contributed by atoms with Crippen LogP contribution in [0.2, 0.25) is 0 Å². The number of pyridine rings is 1. The fourth-order valence-corrected chi connectivity index (χ4v) is 5.14. The van der Waals surface area contributed by atoms with Crippen molar-refractivity contribution in [3.05, 3.63) is 111 Å². The number of benzene rings is 2. The Kier molecular flexibility index (Phi) is 6.19. The number of aromatic nitrogens is 2. The van der Waals surface area contributed by atoms with Crippen LogP contribution in [0.3, 0.4) is 0 Å². The lowest BCUT2D eigenvalue weighted by molar-refractivity contribution is -0.123. The Morgan fingerprint density at radius 2 is 1.74 bits per heavy atom. The van der Waals surface area contributed by atoms with Crippen molar-refractivity contribution < 1.29 is 13.9 Å². The Hall–Kier alpha value is -3.82. The van der Waals surface area contributed by atoms with Gasteiger partial charge < -0.3 is 4.74 Å². The van der Waals surface area contributed by atoms with Crippen LogP contribution in [0, 0.1) is 5.82 Å². The van der Waals surface area contributed by atoms with E-state index in [0.29, 0.717) is 9.97 Å². The van der Waals surface area contributed by atoms with E-state index in [0.717, 1.165) is 17.3 Å². The molecular weight excluding hydrogens is 485 g/mol. The van der Waals surface area contributed by atoms with Gasteiger partial charge in [0.2, 0.25) is 5.88 Å². The van der Waals surface area contributed by atoms with Crippen LogP contribution in [0.5, 0.6) is 11.6 Å². The summed E-state index contributed by atoms with van der Waals surface area (Å²) in [7, 11) is 0. The van der Waals surface area contributed by atoms with E-state index in [2.05, 4.69) is 4.98 Å². The summed E-state index contributed by atoms with van der Waals surface area (Å²) >= 11 is 6.59. The first-order chi connectivity index (χ1) is 16.9. The Balaban J connectivity index is 1.60. The number of para-hydroxylation sites is 1. The van der Waals surface area contributed by atoms with Crippen LogP contribution in [0.15, 0.2) is 88.7 Å². The van der Waals surface area contributed by atoms with Gasteiger partial charge in [-0.15, -0.1) is 0 Å². The molecule has 0 bridgehead atoms. The summed E-state index contributed by atoms with van der Waals surface area (Å²) in [5, 5.41) is 0. The number of nitrogens with zero attached hydrogens (tertiary/aromatic N) is 3. The van der Waals surface area contributed by atoms with E-state index < -0.39 is 11.4 Å². The smallest absolute Gasteiger partial charge is 0.269 e. The summed E-state index contributed by atoms with van der Waals surface area (Å²) in [4.78, 5) is 32.9. The zero-order valence-corrected chi connectivity index (χ0v) is 20.1. The van der Waals surface area contributed by atoms with Gasteiger partial charge in [0.05, 0.1) is 10.9 Å². The number of thioether (sulfide) groups is 1. The topological polar surface area (TPSA) is 63.9 Å². The van der Waals surface area contributed by atoms with Gasteiger partial charge in [-0.05, 0) is 42.8 Å². The van der Waals surface area contributed by atoms with Gasteiger partial charge in [-0.25, -0.2) is 4.39 Å². The van der Waals surface area contributed by atoms with Gasteiger partial charge in [0.25, 0.3) is 11.5 Å². The molecule has 2 aromatic heterocycles. The SMILES string of the molecule is CC(c1ccccc1)N1C(=O)/C(=C\c2c(Oc3ccccc3F)nc3ccccn3c2=O)SC1=S. The predicted octanol–water partition coefficient (Wildman–Crippen LogP) is 5.59. The van der Waals surface area contributed by atoms with Crippen LogP contribution in [0.25, 0.3) is 11.7 Å². The van der Waals surface area contributed by atoms with Crippen molar-refractivity contribution in [3.8, 4) is 11.6 Å². The lowest BCUT2D eigenvalue weighted by atomic mass is 10.1. The minimum absolute atomic E-state index is 0.0183. The van der Waals surface area contributed by atoms with Gasteiger partial charge in [-0.3, -0.25) is 18.9 Å². The summed E-state index contributed by atoms with van der Waals surface area (Å²) in [6, 6.07) is 20.1. The number of thiocarbonyl (C=S) groups is 1. The van der Waals surface area contributed by atoms with Gasteiger partial charge in [0.1, 0.15) is 15.5 Å². The normalized spacial score (nSPS) is 15.7. The van der Waals surface area contributed by atoms with Crippen molar-refractivity contribution in [2.75, 3.05) is 0 Å². The van der Waals surface area contributed by atoms with Crippen molar-refractivity contribution in [3.63, 3.8) is 0 Å². The lowest BCUT2D eigenvalue weighted by Gasteiger charge is -2.23. The molecular formula is C26H18FN3O3S2. The number of hydrogen-bond acceptors (Lipinski definition) is 6. The number of rotatable bonds is 5. The van der Waals surface area contributed by atoms with Gasteiger partial charge in [-0.2, -0.15) is 4.98 Å². The first-order valence-electron chi connectivity index (χ1n) is 10.7. The van der Waals surface area contributed by atoms with Crippen molar-refractivity contribution >= 4 is 45.9 Å². The molecule has 0 N–H and O–H groups in total. The quantitative estimate of drug-likeness (QED) is 0.261.